The van der Waals surface area contributed by atoms with Crippen LogP contribution in [0.1, 0.15) is 44.9 Å². The first-order valence-corrected chi connectivity index (χ1v) is 7.33. The Balaban J connectivity index is 1.91. The van der Waals surface area contributed by atoms with Gasteiger partial charge in [0.15, 0.2) is 0 Å². The second-order valence-corrected chi connectivity index (χ2v) is 5.73. The number of allylic oxidation sites excluding steroid dienone is 2. The molecule has 0 aromatic carbocycles. The van der Waals surface area contributed by atoms with Crippen LogP contribution in [0, 0.1) is 24.2 Å². The molecule has 2 rings (SSSR count). The van der Waals surface area contributed by atoms with E-state index < -0.39 is 0 Å². The molecule has 18 heavy (non-hydrogen) atoms. The van der Waals surface area contributed by atoms with Crippen LogP contribution in [0.4, 0.5) is 0 Å². The molecule has 98 valence electrons. The van der Waals surface area contributed by atoms with Crippen LogP contribution in [0.25, 0.3) is 0 Å². The van der Waals surface area contributed by atoms with Crippen molar-refractivity contribution in [3.8, 4) is 12.3 Å². The summed E-state index contributed by atoms with van der Waals surface area (Å²) in [6.07, 6.45) is 20.4. The van der Waals surface area contributed by atoms with E-state index >= 15 is 0 Å². The normalized spacial score (nSPS) is 35.9. The van der Waals surface area contributed by atoms with Crippen molar-refractivity contribution in [1.82, 2.24) is 5.32 Å². The summed E-state index contributed by atoms with van der Waals surface area (Å²) < 4.78 is 0. The molecule has 2 aliphatic rings. The van der Waals surface area contributed by atoms with E-state index in [0.29, 0.717) is 6.04 Å². The smallest absolute Gasteiger partial charge is 0.0104 e. The predicted octanol–water partition coefficient (Wildman–Crippen LogP) is 3.68. The minimum Gasteiger partial charge on any atom is -0.311 e. The van der Waals surface area contributed by atoms with E-state index in [-0.39, 0.29) is 0 Å². The Labute approximate surface area is 112 Å². The van der Waals surface area contributed by atoms with Gasteiger partial charge in [0.1, 0.15) is 0 Å². The van der Waals surface area contributed by atoms with Crippen LogP contribution in [0.5, 0.6) is 0 Å². The Morgan fingerprint density at radius 2 is 2.11 bits per heavy atom. The molecule has 1 heterocycles. The Hall–Kier alpha value is -1.00. The van der Waals surface area contributed by atoms with Crippen LogP contribution in [0.3, 0.4) is 0 Å². The molecular formula is C17H25N. The largest absolute Gasteiger partial charge is 0.311 e. The zero-order chi connectivity index (χ0) is 12.8. The van der Waals surface area contributed by atoms with Crippen molar-refractivity contribution >= 4 is 0 Å². The maximum absolute atomic E-state index is 5.27. The molecule has 1 heteroatoms. The number of fused-ring (bicyclic) bond motifs is 1. The van der Waals surface area contributed by atoms with Crippen molar-refractivity contribution in [3.05, 3.63) is 24.8 Å². The molecule has 0 bridgehead atoms. The van der Waals surface area contributed by atoms with Gasteiger partial charge in [-0.2, -0.15) is 0 Å². The summed E-state index contributed by atoms with van der Waals surface area (Å²) in [4.78, 5) is 0. The average Bonchev–Trinajstić information content (AvgIpc) is 2.39. The van der Waals surface area contributed by atoms with Crippen molar-refractivity contribution in [1.29, 1.82) is 0 Å². The van der Waals surface area contributed by atoms with Crippen LogP contribution in [0.2, 0.25) is 0 Å². The highest BCUT2D eigenvalue weighted by atomic mass is 15.0. The lowest BCUT2D eigenvalue weighted by molar-refractivity contribution is 0.117. The molecule has 1 N–H and O–H groups in total. The lowest BCUT2D eigenvalue weighted by atomic mass is 9.69. The van der Waals surface area contributed by atoms with E-state index in [4.69, 9.17) is 6.42 Å². The number of hydrogen-bond donors (Lipinski definition) is 1. The average molecular weight is 243 g/mol. The van der Waals surface area contributed by atoms with Crippen LogP contribution in [-0.2, 0) is 0 Å². The molecule has 2 fully saturated rings. The van der Waals surface area contributed by atoms with Gasteiger partial charge in [0.2, 0.25) is 0 Å². The van der Waals surface area contributed by atoms with Gasteiger partial charge in [-0.05, 0) is 56.4 Å². The van der Waals surface area contributed by atoms with E-state index in [1.165, 1.54) is 38.5 Å². The second-order valence-electron chi connectivity index (χ2n) is 5.73. The third-order valence-corrected chi connectivity index (χ3v) is 4.61. The van der Waals surface area contributed by atoms with Gasteiger partial charge in [-0.25, -0.2) is 0 Å². The van der Waals surface area contributed by atoms with Gasteiger partial charge in [-0.15, -0.1) is 13.0 Å². The molecule has 0 aromatic rings. The summed E-state index contributed by atoms with van der Waals surface area (Å²) in [7, 11) is 0. The third kappa shape index (κ3) is 3.27. The molecule has 0 amide bonds. The van der Waals surface area contributed by atoms with Gasteiger partial charge in [-0.1, -0.05) is 24.5 Å². The second kappa shape index (κ2) is 6.81. The fourth-order valence-corrected chi connectivity index (χ4v) is 3.77. The van der Waals surface area contributed by atoms with Gasteiger partial charge < -0.3 is 5.32 Å². The van der Waals surface area contributed by atoms with Crippen LogP contribution >= 0.6 is 0 Å². The summed E-state index contributed by atoms with van der Waals surface area (Å²) >= 11 is 0. The molecule has 0 spiro atoms. The Kier molecular flexibility index (Phi) is 5.08. The molecule has 0 radical (unpaired) electrons. The predicted molar refractivity (Wildman–Crippen MR) is 78.2 cm³/mol. The highest BCUT2D eigenvalue weighted by molar-refractivity contribution is 5.09. The fourth-order valence-electron chi connectivity index (χ4n) is 3.77. The number of nitrogens with one attached hydrogen (secondary N) is 1. The zero-order valence-corrected chi connectivity index (χ0v) is 11.3. The SMILES string of the molecule is C#C/C=C\C[C@@H]1CCC[C@H]2N[C@H](CC=C)CC[C@@H]12. The lowest BCUT2D eigenvalue weighted by Gasteiger charge is -2.44. The van der Waals surface area contributed by atoms with Crippen molar-refractivity contribution < 1.29 is 0 Å². The van der Waals surface area contributed by atoms with Crippen LogP contribution < -0.4 is 5.32 Å². The first-order chi connectivity index (χ1) is 8.85. The first kappa shape index (κ1) is 13.4. The third-order valence-electron chi connectivity index (χ3n) is 4.61. The van der Waals surface area contributed by atoms with Crippen molar-refractivity contribution in [2.24, 2.45) is 11.8 Å². The van der Waals surface area contributed by atoms with Crippen LogP contribution in [0.15, 0.2) is 24.8 Å². The molecule has 1 aliphatic carbocycles. The monoisotopic (exact) mass is 243 g/mol. The molecule has 0 unspecified atom stereocenters. The number of rotatable bonds is 4. The quantitative estimate of drug-likeness (QED) is 0.586. The first-order valence-electron chi connectivity index (χ1n) is 7.33. The molecule has 1 aliphatic heterocycles. The maximum atomic E-state index is 5.27. The zero-order valence-electron chi connectivity index (χ0n) is 11.3. The van der Waals surface area contributed by atoms with Gasteiger partial charge >= 0.3 is 0 Å². The van der Waals surface area contributed by atoms with Gasteiger partial charge in [0, 0.05) is 12.1 Å². The van der Waals surface area contributed by atoms with Gasteiger partial charge in [-0.3, -0.25) is 0 Å². The number of terminal acetylenes is 1. The van der Waals surface area contributed by atoms with E-state index in [1.807, 2.05) is 12.2 Å². The molecule has 1 nitrogen and oxygen atoms in total. The Morgan fingerprint density at radius 1 is 1.22 bits per heavy atom. The van der Waals surface area contributed by atoms with E-state index in [2.05, 4.69) is 23.9 Å². The van der Waals surface area contributed by atoms with E-state index in [1.54, 1.807) is 0 Å². The summed E-state index contributed by atoms with van der Waals surface area (Å²) in [5.74, 6) is 4.30. The summed E-state index contributed by atoms with van der Waals surface area (Å²) in [6.45, 7) is 3.86. The van der Waals surface area contributed by atoms with Crippen molar-refractivity contribution in [2.45, 2.75) is 57.0 Å². The van der Waals surface area contributed by atoms with E-state index in [0.717, 1.165) is 24.3 Å². The Morgan fingerprint density at radius 3 is 2.89 bits per heavy atom. The maximum Gasteiger partial charge on any atom is 0.0104 e. The van der Waals surface area contributed by atoms with Gasteiger partial charge in [0.25, 0.3) is 0 Å². The molecule has 0 aromatic heterocycles. The fraction of sp³-hybridized carbons (Fsp3) is 0.647. The molecule has 1 saturated heterocycles. The topological polar surface area (TPSA) is 12.0 Å². The standard InChI is InChI=1S/C17H25N/c1-3-5-6-9-14-10-7-11-17-16(14)13-12-15(18-17)8-4-2/h1,4-6,14-18H,2,7-13H2/b6-5-/t14-,15-,16+,17-/m1/s1. The highest BCUT2D eigenvalue weighted by Crippen LogP contribution is 2.39. The summed E-state index contributed by atoms with van der Waals surface area (Å²) in [6, 6.07) is 1.41. The molecule has 1 saturated carbocycles. The molecule has 4 atom stereocenters. The van der Waals surface area contributed by atoms with Crippen LogP contribution in [-0.4, -0.2) is 12.1 Å². The van der Waals surface area contributed by atoms with Crippen molar-refractivity contribution in [2.75, 3.05) is 0 Å². The molecular weight excluding hydrogens is 218 g/mol. The van der Waals surface area contributed by atoms with E-state index in [9.17, 15) is 0 Å². The summed E-state index contributed by atoms with van der Waals surface area (Å²) in [5, 5.41) is 3.84. The lowest BCUT2D eigenvalue weighted by Crippen LogP contribution is -2.51. The highest BCUT2D eigenvalue weighted by Gasteiger charge is 2.36. The Bertz CT molecular complexity index is 336. The number of piperidine rings is 1. The van der Waals surface area contributed by atoms with Gasteiger partial charge in [0.05, 0.1) is 0 Å². The minimum atomic E-state index is 0.670. The van der Waals surface area contributed by atoms with Crippen molar-refractivity contribution in [3.63, 3.8) is 0 Å². The minimum absolute atomic E-state index is 0.670. The summed E-state index contributed by atoms with van der Waals surface area (Å²) in [5.41, 5.74) is 0. The number of hydrogen-bond acceptors (Lipinski definition) is 1.